The standard InChI is InChI=1S/C17H14F2N2O4/c18-11-3-6-13(14(19)9-11)17(24)20-12-4-1-10(2-5-12)15(21-25)7-8-16(22)23/h1-6,9,25H,7-8H2,(H,20,24)(H,22,23). The van der Waals surface area contributed by atoms with E-state index < -0.39 is 23.5 Å². The highest BCUT2D eigenvalue weighted by atomic mass is 19.1. The third kappa shape index (κ3) is 4.84. The Kier molecular flexibility index (Phi) is 5.78. The number of benzene rings is 2. The lowest BCUT2D eigenvalue weighted by Crippen LogP contribution is -2.14. The average molecular weight is 348 g/mol. The summed E-state index contributed by atoms with van der Waals surface area (Å²) in [6, 6.07) is 8.65. The summed E-state index contributed by atoms with van der Waals surface area (Å²) in [5, 5.41) is 23.1. The monoisotopic (exact) mass is 348 g/mol. The maximum atomic E-state index is 13.6. The lowest BCUT2D eigenvalue weighted by atomic mass is 10.1. The van der Waals surface area contributed by atoms with Gasteiger partial charge in [0.1, 0.15) is 11.6 Å². The predicted octanol–water partition coefficient (Wildman–Crippen LogP) is 3.26. The highest BCUT2D eigenvalue weighted by molar-refractivity contribution is 6.05. The predicted molar refractivity (Wildman–Crippen MR) is 85.9 cm³/mol. The van der Waals surface area contributed by atoms with Crippen LogP contribution in [0.5, 0.6) is 0 Å². The van der Waals surface area contributed by atoms with E-state index >= 15 is 0 Å². The Bertz CT molecular complexity index is 820. The molecule has 2 rings (SSSR count). The molecule has 2 aromatic rings. The fourth-order valence-electron chi connectivity index (χ4n) is 2.10. The molecule has 0 spiro atoms. The van der Waals surface area contributed by atoms with Crippen molar-refractivity contribution in [3.8, 4) is 0 Å². The van der Waals surface area contributed by atoms with Gasteiger partial charge in [0.05, 0.1) is 17.7 Å². The zero-order chi connectivity index (χ0) is 18.4. The van der Waals surface area contributed by atoms with Gasteiger partial charge in [-0.3, -0.25) is 9.59 Å². The number of aliphatic carboxylic acids is 1. The molecule has 0 aliphatic carbocycles. The molecule has 0 fully saturated rings. The van der Waals surface area contributed by atoms with Gasteiger partial charge in [0.25, 0.3) is 5.91 Å². The number of carboxylic acids is 1. The summed E-state index contributed by atoms with van der Waals surface area (Å²) < 4.78 is 26.4. The molecule has 3 N–H and O–H groups in total. The molecule has 0 heterocycles. The summed E-state index contributed by atoms with van der Waals surface area (Å²) in [5.41, 5.74) is 0.706. The fraction of sp³-hybridized carbons (Fsp3) is 0.118. The van der Waals surface area contributed by atoms with E-state index in [1.165, 1.54) is 24.3 Å². The van der Waals surface area contributed by atoms with Gasteiger partial charge >= 0.3 is 5.97 Å². The molecule has 0 saturated carbocycles. The van der Waals surface area contributed by atoms with Crippen molar-refractivity contribution in [1.82, 2.24) is 0 Å². The molecule has 0 atom stereocenters. The number of rotatable bonds is 6. The van der Waals surface area contributed by atoms with Crippen LogP contribution in [-0.2, 0) is 4.79 Å². The van der Waals surface area contributed by atoms with Crippen molar-refractivity contribution >= 4 is 23.3 Å². The normalized spacial score (nSPS) is 11.2. The number of hydrogen-bond donors (Lipinski definition) is 3. The largest absolute Gasteiger partial charge is 0.481 e. The summed E-state index contributed by atoms with van der Waals surface area (Å²) >= 11 is 0. The summed E-state index contributed by atoms with van der Waals surface area (Å²) in [5.74, 6) is -3.52. The van der Waals surface area contributed by atoms with E-state index in [0.29, 0.717) is 17.3 Å². The Morgan fingerprint density at radius 3 is 2.28 bits per heavy atom. The molecule has 25 heavy (non-hydrogen) atoms. The van der Waals surface area contributed by atoms with Crippen LogP contribution >= 0.6 is 0 Å². The van der Waals surface area contributed by atoms with E-state index in [0.717, 1.165) is 12.1 Å². The molecule has 0 aliphatic heterocycles. The van der Waals surface area contributed by atoms with Gasteiger partial charge in [0.2, 0.25) is 0 Å². The van der Waals surface area contributed by atoms with Crippen LogP contribution in [0.4, 0.5) is 14.5 Å². The topological polar surface area (TPSA) is 99.0 Å². The SMILES string of the molecule is O=C(O)CCC(=NO)c1ccc(NC(=O)c2ccc(F)cc2F)cc1. The number of carboxylic acid groups (broad SMARTS) is 1. The molecule has 6 nitrogen and oxygen atoms in total. The first-order valence-corrected chi connectivity index (χ1v) is 7.20. The van der Waals surface area contributed by atoms with E-state index in [1.807, 2.05) is 0 Å². The molecule has 0 bridgehead atoms. The Labute approximate surface area is 141 Å². The summed E-state index contributed by atoms with van der Waals surface area (Å²) in [4.78, 5) is 22.6. The van der Waals surface area contributed by atoms with Crippen molar-refractivity contribution in [2.45, 2.75) is 12.8 Å². The summed E-state index contributed by atoms with van der Waals surface area (Å²) in [7, 11) is 0. The van der Waals surface area contributed by atoms with E-state index in [1.54, 1.807) is 0 Å². The highest BCUT2D eigenvalue weighted by Gasteiger charge is 2.13. The van der Waals surface area contributed by atoms with Crippen LogP contribution in [0.1, 0.15) is 28.8 Å². The minimum Gasteiger partial charge on any atom is -0.481 e. The van der Waals surface area contributed by atoms with Crippen LogP contribution in [0, 0.1) is 11.6 Å². The molecule has 1 amide bonds. The molecule has 0 saturated heterocycles. The van der Waals surface area contributed by atoms with Crippen molar-refractivity contribution in [1.29, 1.82) is 0 Å². The Balaban J connectivity index is 2.09. The number of carbonyl (C=O) groups is 2. The lowest BCUT2D eigenvalue weighted by Gasteiger charge is -2.08. The van der Waals surface area contributed by atoms with Crippen molar-refractivity contribution in [3.63, 3.8) is 0 Å². The van der Waals surface area contributed by atoms with Gasteiger partial charge < -0.3 is 15.6 Å². The second-order valence-corrected chi connectivity index (χ2v) is 5.10. The van der Waals surface area contributed by atoms with Crippen molar-refractivity contribution < 1.29 is 28.7 Å². The second kappa shape index (κ2) is 8.00. The number of nitrogens with one attached hydrogen (secondary N) is 1. The van der Waals surface area contributed by atoms with Gasteiger partial charge in [-0.15, -0.1) is 0 Å². The molecule has 0 radical (unpaired) electrons. The third-order valence-corrected chi connectivity index (χ3v) is 3.35. The first-order valence-electron chi connectivity index (χ1n) is 7.20. The van der Waals surface area contributed by atoms with E-state index in [9.17, 15) is 18.4 Å². The molecule has 2 aromatic carbocycles. The van der Waals surface area contributed by atoms with Crippen molar-refractivity contribution in [2.75, 3.05) is 5.32 Å². The molecule has 130 valence electrons. The van der Waals surface area contributed by atoms with Gasteiger partial charge in [-0.1, -0.05) is 17.3 Å². The second-order valence-electron chi connectivity index (χ2n) is 5.10. The van der Waals surface area contributed by atoms with Crippen LogP contribution in [0.2, 0.25) is 0 Å². The minimum absolute atomic E-state index is 0.0400. The van der Waals surface area contributed by atoms with Crippen LogP contribution in [0.3, 0.4) is 0 Å². The van der Waals surface area contributed by atoms with E-state index in [4.69, 9.17) is 10.3 Å². The number of amides is 1. The van der Waals surface area contributed by atoms with E-state index in [2.05, 4.69) is 10.5 Å². The first kappa shape index (κ1) is 18.1. The van der Waals surface area contributed by atoms with Gasteiger partial charge in [-0.25, -0.2) is 8.78 Å². The Morgan fingerprint density at radius 2 is 1.72 bits per heavy atom. The van der Waals surface area contributed by atoms with Crippen molar-refractivity contribution in [3.05, 3.63) is 65.2 Å². The van der Waals surface area contributed by atoms with Crippen LogP contribution < -0.4 is 5.32 Å². The summed E-state index contributed by atoms with van der Waals surface area (Å²) in [6.45, 7) is 0. The van der Waals surface area contributed by atoms with Crippen molar-refractivity contribution in [2.24, 2.45) is 5.16 Å². The molecular weight excluding hydrogens is 334 g/mol. The van der Waals surface area contributed by atoms with Crippen LogP contribution in [0.15, 0.2) is 47.6 Å². The lowest BCUT2D eigenvalue weighted by molar-refractivity contribution is -0.136. The fourth-order valence-corrected chi connectivity index (χ4v) is 2.10. The Hall–Kier alpha value is -3.29. The van der Waals surface area contributed by atoms with Crippen LogP contribution in [0.25, 0.3) is 0 Å². The molecule has 0 unspecified atom stereocenters. The zero-order valence-corrected chi connectivity index (χ0v) is 12.9. The number of carbonyl (C=O) groups excluding carboxylic acids is 1. The summed E-state index contributed by atoms with van der Waals surface area (Å²) in [6.07, 6.45) is -0.153. The average Bonchev–Trinajstić information content (AvgIpc) is 2.56. The quantitative estimate of drug-likeness (QED) is 0.424. The Morgan fingerprint density at radius 1 is 1.04 bits per heavy atom. The number of nitrogens with zero attached hydrogens (tertiary/aromatic N) is 1. The minimum atomic E-state index is -1.02. The third-order valence-electron chi connectivity index (χ3n) is 3.35. The number of anilines is 1. The zero-order valence-electron chi connectivity index (χ0n) is 12.9. The molecular formula is C17H14F2N2O4. The molecule has 0 aliphatic rings. The van der Waals surface area contributed by atoms with Crippen LogP contribution in [-0.4, -0.2) is 27.9 Å². The van der Waals surface area contributed by atoms with Gasteiger partial charge in [0.15, 0.2) is 0 Å². The first-order chi connectivity index (χ1) is 11.9. The maximum Gasteiger partial charge on any atom is 0.303 e. The smallest absolute Gasteiger partial charge is 0.303 e. The maximum absolute atomic E-state index is 13.6. The number of oxime groups is 1. The molecule has 0 aromatic heterocycles. The number of halogens is 2. The van der Waals surface area contributed by atoms with Gasteiger partial charge in [0, 0.05) is 18.2 Å². The van der Waals surface area contributed by atoms with Gasteiger partial charge in [-0.05, 0) is 29.8 Å². The highest BCUT2D eigenvalue weighted by Crippen LogP contribution is 2.16. The van der Waals surface area contributed by atoms with E-state index in [-0.39, 0.29) is 24.1 Å². The van der Waals surface area contributed by atoms with Gasteiger partial charge in [-0.2, -0.15) is 0 Å². The number of hydrogen-bond acceptors (Lipinski definition) is 4. The molecule has 8 heteroatoms.